The van der Waals surface area contributed by atoms with E-state index in [0.29, 0.717) is 22.9 Å². The first-order chi connectivity index (χ1) is 9.72. The average molecular weight is 296 g/mol. The van der Waals surface area contributed by atoms with Gasteiger partial charge in [-0.05, 0) is 19.3 Å². The van der Waals surface area contributed by atoms with Gasteiger partial charge in [0.05, 0.1) is 24.3 Å². The Bertz CT molecular complexity index is 503. The number of ketones is 1. The lowest BCUT2D eigenvalue weighted by molar-refractivity contribution is 0.0972. The van der Waals surface area contributed by atoms with Crippen molar-refractivity contribution in [1.29, 1.82) is 0 Å². The van der Waals surface area contributed by atoms with Crippen molar-refractivity contribution in [3.05, 3.63) is 4.88 Å². The predicted molar refractivity (Wildman–Crippen MR) is 80.0 cm³/mol. The summed E-state index contributed by atoms with van der Waals surface area (Å²) in [5.74, 6) is 1.02. The van der Waals surface area contributed by atoms with Gasteiger partial charge in [0.25, 0.3) is 0 Å². The summed E-state index contributed by atoms with van der Waals surface area (Å²) >= 11 is 1.47. The van der Waals surface area contributed by atoms with Gasteiger partial charge in [0.15, 0.2) is 11.5 Å². The molecule has 0 bridgehead atoms. The summed E-state index contributed by atoms with van der Waals surface area (Å²) in [5, 5.41) is 0.972. The lowest BCUT2D eigenvalue weighted by atomic mass is 10.2. The van der Waals surface area contributed by atoms with Crippen molar-refractivity contribution < 1.29 is 14.3 Å². The summed E-state index contributed by atoms with van der Waals surface area (Å²) in [4.78, 5) is 15.2. The van der Waals surface area contributed by atoms with Crippen LogP contribution < -0.4 is 15.4 Å². The van der Waals surface area contributed by atoms with Gasteiger partial charge >= 0.3 is 0 Å². The molecule has 1 aliphatic carbocycles. The minimum Gasteiger partial charge on any atom is -0.492 e. The number of thiophene rings is 1. The third kappa shape index (κ3) is 2.50. The molecule has 1 saturated carbocycles. The number of methoxy groups -OCH3 is 1. The second kappa shape index (κ2) is 5.61. The molecule has 1 aromatic heterocycles. The summed E-state index contributed by atoms with van der Waals surface area (Å²) in [6.45, 7) is 3.21. The summed E-state index contributed by atoms with van der Waals surface area (Å²) in [6, 6.07) is 0. The Morgan fingerprint density at radius 2 is 2.20 bits per heavy atom. The van der Waals surface area contributed by atoms with Gasteiger partial charge in [-0.3, -0.25) is 4.79 Å². The molecule has 1 aromatic rings. The van der Waals surface area contributed by atoms with E-state index in [0.717, 1.165) is 44.0 Å². The molecule has 3 rings (SSSR count). The normalized spacial score (nSPS) is 19.8. The number of carbonyl (C=O) groups excluding carboxylic acids is 1. The van der Waals surface area contributed by atoms with Crippen molar-refractivity contribution in [1.82, 2.24) is 0 Å². The highest BCUT2D eigenvalue weighted by Gasteiger charge is 2.35. The summed E-state index contributed by atoms with van der Waals surface area (Å²) in [6.07, 6.45) is 2.96. The van der Waals surface area contributed by atoms with Crippen molar-refractivity contribution in [3.8, 4) is 5.75 Å². The van der Waals surface area contributed by atoms with Crippen LogP contribution in [0, 0.1) is 5.92 Å². The standard InChI is InChI=1S/C14H20N2O3S/c1-18-12-10(15)13(11(17)9-3-4-9)20-14(12)16-5-2-7-19-8-6-16/h9H,2-8,15H2,1H3. The maximum atomic E-state index is 12.3. The highest BCUT2D eigenvalue weighted by molar-refractivity contribution is 7.19. The summed E-state index contributed by atoms with van der Waals surface area (Å²) in [5.41, 5.74) is 6.64. The average Bonchev–Trinajstić information content (AvgIpc) is 3.25. The molecule has 0 atom stereocenters. The number of anilines is 2. The van der Waals surface area contributed by atoms with Crippen LogP contribution in [0.1, 0.15) is 28.9 Å². The Labute approximate surface area is 122 Å². The van der Waals surface area contributed by atoms with Crippen molar-refractivity contribution >= 4 is 27.8 Å². The van der Waals surface area contributed by atoms with E-state index >= 15 is 0 Å². The molecule has 0 radical (unpaired) electrons. The zero-order chi connectivity index (χ0) is 14.1. The summed E-state index contributed by atoms with van der Waals surface area (Å²) < 4.78 is 10.9. The van der Waals surface area contributed by atoms with E-state index in [1.807, 2.05) is 0 Å². The Balaban J connectivity index is 1.92. The van der Waals surface area contributed by atoms with Gasteiger partial charge in [-0.25, -0.2) is 0 Å². The molecule has 5 nitrogen and oxygen atoms in total. The number of rotatable bonds is 4. The van der Waals surface area contributed by atoms with E-state index in [9.17, 15) is 4.79 Å². The molecular formula is C14H20N2O3S. The number of carbonyl (C=O) groups is 1. The number of hydrogen-bond acceptors (Lipinski definition) is 6. The molecule has 2 N–H and O–H groups in total. The second-order valence-electron chi connectivity index (χ2n) is 5.27. The van der Waals surface area contributed by atoms with E-state index in [4.69, 9.17) is 15.2 Å². The molecule has 110 valence electrons. The predicted octanol–water partition coefficient (Wildman–Crippen LogP) is 2.16. The molecule has 0 aromatic carbocycles. The molecule has 2 heterocycles. The SMILES string of the molecule is COc1c(N2CCCOCC2)sc(C(=O)C2CC2)c1N. The monoisotopic (exact) mass is 296 g/mol. The van der Waals surface area contributed by atoms with E-state index < -0.39 is 0 Å². The molecule has 0 spiro atoms. The van der Waals surface area contributed by atoms with Gasteiger partial charge in [0.2, 0.25) is 0 Å². The maximum absolute atomic E-state index is 12.3. The molecule has 6 heteroatoms. The van der Waals surface area contributed by atoms with Crippen LogP contribution in [0.5, 0.6) is 5.75 Å². The highest BCUT2D eigenvalue weighted by atomic mass is 32.1. The van der Waals surface area contributed by atoms with Crippen LogP contribution in [0.2, 0.25) is 0 Å². The number of hydrogen-bond donors (Lipinski definition) is 1. The van der Waals surface area contributed by atoms with Gasteiger partial charge in [-0.15, -0.1) is 11.3 Å². The zero-order valence-electron chi connectivity index (χ0n) is 11.7. The topological polar surface area (TPSA) is 64.8 Å². The van der Waals surface area contributed by atoms with Crippen molar-refractivity contribution in [2.75, 3.05) is 44.0 Å². The third-order valence-corrected chi connectivity index (χ3v) is 5.03. The Morgan fingerprint density at radius 1 is 1.40 bits per heavy atom. The van der Waals surface area contributed by atoms with E-state index in [1.165, 1.54) is 11.3 Å². The number of ether oxygens (including phenoxy) is 2. The maximum Gasteiger partial charge on any atom is 0.178 e. The van der Waals surface area contributed by atoms with Crippen molar-refractivity contribution in [3.63, 3.8) is 0 Å². The van der Waals surface area contributed by atoms with Crippen LogP contribution in [0.15, 0.2) is 0 Å². The van der Waals surface area contributed by atoms with Crippen molar-refractivity contribution in [2.45, 2.75) is 19.3 Å². The van der Waals surface area contributed by atoms with Gasteiger partial charge in [0, 0.05) is 25.6 Å². The second-order valence-corrected chi connectivity index (χ2v) is 6.27. The molecule has 2 fully saturated rings. The molecular weight excluding hydrogens is 276 g/mol. The molecule has 2 aliphatic rings. The minimum absolute atomic E-state index is 0.181. The first-order valence-electron chi connectivity index (χ1n) is 7.05. The molecule has 1 saturated heterocycles. The minimum atomic E-state index is 0.181. The molecule has 0 amide bonds. The Hall–Kier alpha value is -1.27. The number of Topliss-reactive ketones (excluding diaryl/α,β-unsaturated/α-hetero) is 1. The van der Waals surface area contributed by atoms with Crippen LogP contribution in [0.3, 0.4) is 0 Å². The van der Waals surface area contributed by atoms with Crippen LogP contribution in [-0.2, 0) is 4.74 Å². The van der Waals surface area contributed by atoms with E-state index in [2.05, 4.69) is 4.90 Å². The number of nitrogens with zero attached hydrogens (tertiary/aromatic N) is 1. The van der Waals surface area contributed by atoms with Gasteiger partial charge in [-0.1, -0.05) is 0 Å². The van der Waals surface area contributed by atoms with Crippen molar-refractivity contribution in [2.24, 2.45) is 5.92 Å². The lowest BCUT2D eigenvalue weighted by Gasteiger charge is -2.20. The quantitative estimate of drug-likeness (QED) is 0.863. The largest absolute Gasteiger partial charge is 0.492 e. The molecule has 20 heavy (non-hydrogen) atoms. The first kappa shape index (κ1) is 13.7. The molecule has 1 aliphatic heterocycles. The fraction of sp³-hybridized carbons (Fsp3) is 0.643. The smallest absolute Gasteiger partial charge is 0.178 e. The van der Waals surface area contributed by atoms with E-state index in [-0.39, 0.29) is 11.7 Å². The number of nitrogens with two attached hydrogens (primary N) is 1. The van der Waals surface area contributed by atoms with Crippen LogP contribution in [-0.4, -0.2) is 39.2 Å². The number of nitrogen functional groups attached to an aromatic ring is 1. The summed E-state index contributed by atoms with van der Waals surface area (Å²) in [7, 11) is 1.61. The van der Waals surface area contributed by atoms with Crippen LogP contribution >= 0.6 is 11.3 Å². The zero-order valence-corrected chi connectivity index (χ0v) is 12.5. The van der Waals surface area contributed by atoms with Gasteiger partial charge < -0.3 is 20.1 Å². The fourth-order valence-corrected chi connectivity index (χ4v) is 3.75. The van der Waals surface area contributed by atoms with Crippen LogP contribution in [0.25, 0.3) is 0 Å². The van der Waals surface area contributed by atoms with Gasteiger partial charge in [-0.2, -0.15) is 0 Å². The first-order valence-corrected chi connectivity index (χ1v) is 7.87. The fourth-order valence-electron chi connectivity index (χ4n) is 2.48. The third-order valence-electron chi connectivity index (χ3n) is 3.77. The Kier molecular flexibility index (Phi) is 3.85. The van der Waals surface area contributed by atoms with Crippen LogP contribution in [0.4, 0.5) is 10.7 Å². The molecule has 0 unspecified atom stereocenters. The highest BCUT2D eigenvalue weighted by Crippen LogP contribution is 2.47. The lowest BCUT2D eigenvalue weighted by Crippen LogP contribution is -2.25. The van der Waals surface area contributed by atoms with Gasteiger partial charge in [0.1, 0.15) is 5.00 Å². The van der Waals surface area contributed by atoms with E-state index in [1.54, 1.807) is 7.11 Å². The Morgan fingerprint density at radius 3 is 2.90 bits per heavy atom.